The van der Waals surface area contributed by atoms with E-state index in [0.717, 1.165) is 17.4 Å². The quantitative estimate of drug-likeness (QED) is 0.494. The molecule has 0 saturated carbocycles. The molecule has 1 saturated heterocycles. The molecule has 4 aromatic rings. The van der Waals surface area contributed by atoms with Gasteiger partial charge in [-0.2, -0.15) is 4.98 Å². The molecule has 0 spiro atoms. The van der Waals surface area contributed by atoms with Crippen molar-refractivity contribution in [3.63, 3.8) is 0 Å². The second kappa shape index (κ2) is 7.81. The zero-order chi connectivity index (χ0) is 22.4. The highest BCUT2D eigenvalue weighted by Crippen LogP contribution is 2.28. The molecular weight excluding hydrogens is 418 g/mol. The molecule has 0 bridgehead atoms. The van der Waals surface area contributed by atoms with Crippen molar-refractivity contribution in [2.75, 3.05) is 18.9 Å². The summed E-state index contributed by atoms with van der Waals surface area (Å²) >= 11 is 0. The normalized spacial score (nSPS) is 17.1. The summed E-state index contributed by atoms with van der Waals surface area (Å²) < 4.78 is 27.5. The van der Waals surface area contributed by atoms with Gasteiger partial charge in [-0.25, -0.2) is 23.7 Å². The molecule has 9 nitrogen and oxygen atoms in total. The van der Waals surface area contributed by atoms with Crippen LogP contribution >= 0.6 is 0 Å². The molecule has 2 N–H and O–H groups in total. The minimum Gasteiger partial charge on any atom is -0.350 e. The van der Waals surface area contributed by atoms with E-state index in [1.807, 2.05) is 6.07 Å². The summed E-state index contributed by atoms with van der Waals surface area (Å²) in [5.41, 5.74) is 3.03. The molecule has 1 atom stereocenters. The number of aromatic amines is 1. The first kappa shape index (κ1) is 20.3. The van der Waals surface area contributed by atoms with Gasteiger partial charge in [0.25, 0.3) is 6.43 Å². The fourth-order valence-electron chi connectivity index (χ4n) is 4.12. The number of H-pyrrole nitrogens is 1. The molecule has 32 heavy (non-hydrogen) atoms. The van der Waals surface area contributed by atoms with Crippen molar-refractivity contribution in [1.82, 2.24) is 34.4 Å². The first-order chi connectivity index (χ1) is 15.4. The molecule has 1 fully saturated rings. The number of amides is 1. The number of rotatable bonds is 5. The summed E-state index contributed by atoms with van der Waals surface area (Å²) in [6.07, 6.45) is 2.23. The maximum absolute atomic E-state index is 13.0. The van der Waals surface area contributed by atoms with E-state index in [2.05, 4.69) is 30.2 Å². The van der Waals surface area contributed by atoms with Crippen molar-refractivity contribution < 1.29 is 13.6 Å². The predicted octanol–water partition coefficient (Wildman–Crippen LogP) is 2.98. The number of pyridine rings is 1. The van der Waals surface area contributed by atoms with E-state index in [9.17, 15) is 13.6 Å². The highest BCUT2D eigenvalue weighted by atomic mass is 19.3. The van der Waals surface area contributed by atoms with Gasteiger partial charge in [0.15, 0.2) is 5.65 Å². The number of carbonyl (C=O) groups excluding carboxylic acids is 1. The lowest BCUT2D eigenvalue weighted by atomic mass is 10.1. The summed E-state index contributed by atoms with van der Waals surface area (Å²) in [4.78, 5) is 34.5. The Bertz CT molecular complexity index is 1310. The Kier molecular flexibility index (Phi) is 4.95. The molecule has 0 aliphatic carbocycles. The van der Waals surface area contributed by atoms with Crippen molar-refractivity contribution in [1.29, 1.82) is 0 Å². The number of carbonyl (C=O) groups is 1. The number of anilines is 1. The van der Waals surface area contributed by atoms with E-state index in [4.69, 9.17) is 0 Å². The third-order valence-corrected chi connectivity index (χ3v) is 5.77. The average molecular weight is 440 g/mol. The second-order valence-corrected chi connectivity index (χ2v) is 8.01. The van der Waals surface area contributed by atoms with Gasteiger partial charge in [0.1, 0.15) is 17.0 Å². The van der Waals surface area contributed by atoms with Crippen LogP contribution < -0.4 is 5.32 Å². The van der Waals surface area contributed by atoms with Gasteiger partial charge in [-0.15, -0.1) is 0 Å². The lowest BCUT2D eigenvalue weighted by Gasteiger charge is -2.30. The van der Waals surface area contributed by atoms with Crippen LogP contribution in [0.4, 0.5) is 14.7 Å². The molecule has 166 valence electrons. The number of aromatic nitrogens is 6. The molecule has 0 radical (unpaired) electrons. The molecule has 1 aliphatic rings. The number of aryl methyl sites for hydroxylation is 1. The number of piperidine rings is 1. The van der Waals surface area contributed by atoms with Gasteiger partial charge in [0.2, 0.25) is 11.9 Å². The van der Waals surface area contributed by atoms with Crippen LogP contribution in [0.25, 0.3) is 33.5 Å². The second-order valence-electron chi connectivity index (χ2n) is 8.01. The smallest absolute Gasteiger partial charge is 0.256 e. The van der Waals surface area contributed by atoms with Crippen LogP contribution in [0.2, 0.25) is 0 Å². The number of imidazole rings is 1. The Hall–Kier alpha value is -3.63. The third kappa shape index (κ3) is 3.63. The summed E-state index contributed by atoms with van der Waals surface area (Å²) in [7, 11) is 1.79. The van der Waals surface area contributed by atoms with Crippen molar-refractivity contribution in [3.8, 4) is 11.3 Å². The van der Waals surface area contributed by atoms with Gasteiger partial charge in [-0.3, -0.25) is 4.79 Å². The van der Waals surface area contributed by atoms with E-state index in [0.29, 0.717) is 47.2 Å². The SMILES string of the molecule is Cc1nc2ccc(-c3c[nH]c4nc(N[C@@H]5CCC(=O)N(C)C5)ncc34)nc2n1CC(F)F. The van der Waals surface area contributed by atoms with Gasteiger partial charge in [-0.1, -0.05) is 0 Å². The number of likely N-dealkylation sites (N-methyl/N-ethyl adjacent to an activating group) is 1. The largest absolute Gasteiger partial charge is 0.350 e. The Morgan fingerprint density at radius 3 is 2.91 bits per heavy atom. The molecule has 0 unspecified atom stereocenters. The lowest BCUT2D eigenvalue weighted by Crippen LogP contribution is -2.43. The van der Waals surface area contributed by atoms with Crippen LogP contribution in [0.15, 0.2) is 24.5 Å². The monoisotopic (exact) mass is 440 g/mol. The number of halogens is 2. The number of hydrogen-bond acceptors (Lipinski definition) is 6. The first-order valence-corrected chi connectivity index (χ1v) is 10.4. The summed E-state index contributed by atoms with van der Waals surface area (Å²) in [5, 5.41) is 4.06. The molecule has 5 heterocycles. The standard InChI is InChI=1S/C21H22F2N8O/c1-11-26-16-5-4-15(28-20(16)31(11)10-17(22)23)13-7-24-19-14(13)8-25-21(29-19)27-12-3-6-18(32)30(2)9-12/h4-5,7-8,12,17H,3,6,9-10H2,1-2H3,(H2,24,25,27,29)/t12-/m1/s1. The maximum atomic E-state index is 13.0. The number of fused-ring (bicyclic) bond motifs is 2. The van der Waals surface area contributed by atoms with Crippen LogP contribution in [0.3, 0.4) is 0 Å². The van der Waals surface area contributed by atoms with Crippen molar-refractivity contribution >= 4 is 34.1 Å². The van der Waals surface area contributed by atoms with Gasteiger partial charge < -0.3 is 19.8 Å². The fourth-order valence-corrected chi connectivity index (χ4v) is 4.12. The minimum absolute atomic E-state index is 0.0898. The topological polar surface area (TPSA) is 105 Å². The molecule has 1 aliphatic heterocycles. The number of likely N-dealkylation sites (tertiary alicyclic amines) is 1. The Labute approximate surface area is 181 Å². The van der Waals surface area contributed by atoms with Gasteiger partial charge in [-0.05, 0) is 25.5 Å². The predicted molar refractivity (Wildman–Crippen MR) is 115 cm³/mol. The van der Waals surface area contributed by atoms with Crippen LogP contribution in [-0.2, 0) is 11.3 Å². The number of nitrogens with zero attached hydrogens (tertiary/aromatic N) is 6. The van der Waals surface area contributed by atoms with Gasteiger partial charge in [0, 0.05) is 49.4 Å². The van der Waals surface area contributed by atoms with Crippen LogP contribution in [-0.4, -0.2) is 66.4 Å². The Morgan fingerprint density at radius 2 is 2.12 bits per heavy atom. The highest BCUT2D eigenvalue weighted by Gasteiger charge is 2.23. The molecule has 1 amide bonds. The van der Waals surface area contributed by atoms with Crippen molar-refractivity contribution in [2.24, 2.45) is 0 Å². The van der Waals surface area contributed by atoms with Crippen LogP contribution in [0.5, 0.6) is 0 Å². The number of hydrogen-bond donors (Lipinski definition) is 2. The van der Waals surface area contributed by atoms with E-state index in [-0.39, 0.29) is 11.9 Å². The Balaban J connectivity index is 1.45. The summed E-state index contributed by atoms with van der Waals surface area (Å²) in [6, 6.07) is 3.68. The first-order valence-electron chi connectivity index (χ1n) is 10.4. The van der Waals surface area contributed by atoms with Gasteiger partial charge >= 0.3 is 0 Å². The van der Waals surface area contributed by atoms with Crippen LogP contribution in [0, 0.1) is 6.92 Å². The molecule has 5 rings (SSSR count). The van der Waals surface area contributed by atoms with E-state index in [1.54, 1.807) is 37.3 Å². The zero-order valence-corrected chi connectivity index (χ0v) is 17.6. The summed E-state index contributed by atoms with van der Waals surface area (Å²) in [5.74, 6) is 1.12. The minimum atomic E-state index is -2.49. The van der Waals surface area contributed by atoms with E-state index >= 15 is 0 Å². The zero-order valence-electron chi connectivity index (χ0n) is 17.6. The third-order valence-electron chi connectivity index (χ3n) is 5.77. The van der Waals surface area contributed by atoms with Gasteiger partial charge in [0.05, 0.1) is 12.2 Å². The molecule has 4 aromatic heterocycles. The van der Waals surface area contributed by atoms with E-state index < -0.39 is 13.0 Å². The molecule has 11 heteroatoms. The Morgan fingerprint density at radius 1 is 1.28 bits per heavy atom. The maximum Gasteiger partial charge on any atom is 0.256 e. The lowest BCUT2D eigenvalue weighted by molar-refractivity contribution is -0.132. The molecule has 0 aromatic carbocycles. The van der Waals surface area contributed by atoms with Crippen LogP contribution in [0.1, 0.15) is 18.7 Å². The number of nitrogens with one attached hydrogen (secondary N) is 2. The summed E-state index contributed by atoms with van der Waals surface area (Å²) in [6.45, 7) is 1.84. The van der Waals surface area contributed by atoms with Crippen molar-refractivity contribution in [3.05, 3.63) is 30.4 Å². The highest BCUT2D eigenvalue weighted by molar-refractivity contribution is 5.93. The van der Waals surface area contributed by atoms with Crippen molar-refractivity contribution in [2.45, 2.75) is 38.8 Å². The fraction of sp³-hybridized carbons (Fsp3) is 0.381. The average Bonchev–Trinajstić information content (AvgIpc) is 3.31. The molecular formula is C21H22F2N8O. The number of alkyl halides is 2. The van der Waals surface area contributed by atoms with E-state index in [1.165, 1.54) is 4.57 Å².